The minimum atomic E-state index is 0.633. The average molecular weight is 280 g/mol. The van der Waals surface area contributed by atoms with Crippen molar-refractivity contribution in [3.05, 3.63) is 66.5 Å². The van der Waals surface area contributed by atoms with Gasteiger partial charge in [0, 0.05) is 31.2 Å². The van der Waals surface area contributed by atoms with E-state index in [4.69, 9.17) is 0 Å². The van der Waals surface area contributed by atoms with Crippen LogP contribution >= 0.6 is 0 Å². The van der Waals surface area contributed by atoms with Gasteiger partial charge in [-0.15, -0.1) is 0 Å². The van der Waals surface area contributed by atoms with Gasteiger partial charge in [0.15, 0.2) is 5.96 Å². The maximum Gasteiger partial charge on any atom is 0.195 e. The number of pyridine rings is 1. The van der Waals surface area contributed by atoms with Gasteiger partial charge < -0.3 is 10.6 Å². The van der Waals surface area contributed by atoms with Gasteiger partial charge in [-0.3, -0.25) is 9.98 Å². The minimum absolute atomic E-state index is 0.633. The second-order valence-electron chi connectivity index (χ2n) is 4.71. The second kappa shape index (κ2) is 7.24. The third-order valence-electron chi connectivity index (χ3n) is 3.03. The van der Waals surface area contributed by atoms with Crippen LogP contribution in [-0.2, 0) is 0 Å². The van der Waals surface area contributed by atoms with Gasteiger partial charge in [0.1, 0.15) is 0 Å². The van der Waals surface area contributed by atoms with Gasteiger partial charge in [0.2, 0.25) is 0 Å². The normalized spacial score (nSPS) is 11.0. The van der Waals surface area contributed by atoms with E-state index in [1.807, 2.05) is 49.4 Å². The van der Waals surface area contributed by atoms with Crippen LogP contribution in [0.5, 0.6) is 0 Å². The fourth-order valence-corrected chi connectivity index (χ4v) is 1.91. The standard InChI is InChI=1S/C17H20N4/c1-13(15-7-5-4-6-8-15)12-20-17(18-3)21-16-9-10-19-14(2)11-16/h4-11H,1,12H2,2-3H3,(H2,18,19,20,21). The molecule has 0 saturated carbocycles. The van der Waals surface area contributed by atoms with Crippen LogP contribution in [0.2, 0.25) is 0 Å². The highest BCUT2D eigenvalue weighted by Gasteiger charge is 2.02. The molecule has 0 aliphatic rings. The van der Waals surface area contributed by atoms with Crippen molar-refractivity contribution in [3.63, 3.8) is 0 Å². The van der Waals surface area contributed by atoms with Gasteiger partial charge in [-0.05, 0) is 30.2 Å². The van der Waals surface area contributed by atoms with Crippen LogP contribution in [-0.4, -0.2) is 24.5 Å². The maximum absolute atomic E-state index is 4.21. The molecule has 1 aromatic heterocycles. The van der Waals surface area contributed by atoms with Crippen molar-refractivity contribution in [2.24, 2.45) is 4.99 Å². The van der Waals surface area contributed by atoms with Crippen molar-refractivity contribution in [1.29, 1.82) is 0 Å². The van der Waals surface area contributed by atoms with Crippen LogP contribution in [0.1, 0.15) is 11.3 Å². The van der Waals surface area contributed by atoms with Crippen molar-refractivity contribution in [3.8, 4) is 0 Å². The number of anilines is 1. The zero-order valence-corrected chi connectivity index (χ0v) is 12.4. The van der Waals surface area contributed by atoms with Crippen molar-refractivity contribution in [2.75, 3.05) is 18.9 Å². The predicted molar refractivity (Wildman–Crippen MR) is 89.4 cm³/mol. The van der Waals surface area contributed by atoms with E-state index in [9.17, 15) is 0 Å². The maximum atomic E-state index is 4.21. The molecule has 0 atom stereocenters. The number of benzene rings is 1. The van der Waals surface area contributed by atoms with E-state index in [0.29, 0.717) is 12.5 Å². The Kier molecular flexibility index (Phi) is 5.10. The summed E-state index contributed by atoms with van der Waals surface area (Å²) in [6.45, 7) is 6.69. The molecule has 21 heavy (non-hydrogen) atoms. The lowest BCUT2D eigenvalue weighted by molar-refractivity contribution is 1.04. The SMILES string of the molecule is C=C(CNC(=NC)Nc1ccnc(C)c1)c1ccccc1. The number of nitrogens with zero attached hydrogens (tertiary/aromatic N) is 2. The van der Waals surface area contributed by atoms with Crippen LogP contribution < -0.4 is 10.6 Å². The van der Waals surface area contributed by atoms with Crippen LogP contribution in [0.15, 0.2) is 60.2 Å². The highest BCUT2D eigenvalue weighted by Crippen LogP contribution is 2.10. The lowest BCUT2D eigenvalue weighted by Gasteiger charge is -2.13. The van der Waals surface area contributed by atoms with Crippen LogP contribution in [0.3, 0.4) is 0 Å². The fraction of sp³-hybridized carbons (Fsp3) is 0.176. The van der Waals surface area contributed by atoms with Gasteiger partial charge in [0.25, 0.3) is 0 Å². The Morgan fingerprint density at radius 2 is 2.00 bits per heavy atom. The summed E-state index contributed by atoms with van der Waals surface area (Å²) in [5.74, 6) is 0.706. The molecule has 1 aromatic carbocycles. The third-order valence-corrected chi connectivity index (χ3v) is 3.03. The molecule has 0 spiro atoms. The summed E-state index contributed by atoms with van der Waals surface area (Å²) in [6.07, 6.45) is 1.77. The summed E-state index contributed by atoms with van der Waals surface area (Å²) in [5, 5.41) is 6.49. The first-order valence-electron chi connectivity index (χ1n) is 6.82. The van der Waals surface area contributed by atoms with E-state index in [1.54, 1.807) is 13.2 Å². The van der Waals surface area contributed by atoms with E-state index < -0.39 is 0 Å². The number of nitrogens with one attached hydrogen (secondary N) is 2. The van der Waals surface area contributed by atoms with E-state index in [2.05, 4.69) is 27.2 Å². The number of guanidine groups is 1. The van der Waals surface area contributed by atoms with E-state index in [0.717, 1.165) is 22.5 Å². The van der Waals surface area contributed by atoms with Gasteiger partial charge in [-0.1, -0.05) is 36.9 Å². The lowest BCUT2D eigenvalue weighted by atomic mass is 10.1. The molecule has 4 nitrogen and oxygen atoms in total. The monoisotopic (exact) mass is 280 g/mol. The molecule has 108 valence electrons. The summed E-state index contributed by atoms with van der Waals surface area (Å²) in [4.78, 5) is 8.38. The Hall–Kier alpha value is -2.62. The quantitative estimate of drug-likeness (QED) is 0.668. The highest BCUT2D eigenvalue weighted by atomic mass is 15.2. The van der Waals surface area contributed by atoms with E-state index in [-0.39, 0.29) is 0 Å². The smallest absolute Gasteiger partial charge is 0.195 e. The number of aliphatic imine (C=N–C) groups is 1. The molecular weight excluding hydrogens is 260 g/mol. The molecule has 0 bridgehead atoms. The zero-order valence-electron chi connectivity index (χ0n) is 12.4. The molecular formula is C17H20N4. The van der Waals surface area contributed by atoms with Gasteiger partial charge in [-0.25, -0.2) is 0 Å². The topological polar surface area (TPSA) is 49.3 Å². The molecule has 0 amide bonds. The van der Waals surface area contributed by atoms with Crippen molar-refractivity contribution >= 4 is 17.2 Å². The van der Waals surface area contributed by atoms with E-state index >= 15 is 0 Å². The predicted octanol–water partition coefficient (Wildman–Crippen LogP) is 3.09. The first-order chi connectivity index (χ1) is 10.2. The Bertz CT molecular complexity index is 632. The Balaban J connectivity index is 1.93. The molecule has 1 heterocycles. The molecule has 0 aliphatic heterocycles. The van der Waals surface area contributed by atoms with Gasteiger partial charge in [-0.2, -0.15) is 0 Å². The van der Waals surface area contributed by atoms with Crippen LogP contribution in [0.25, 0.3) is 5.57 Å². The summed E-state index contributed by atoms with van der Waals surface area (Å²) in [6, 6.07) is 14.0. The van der Waals surface area contributed by atoms with Crippen molar-refractivity contribution in [1.82, 2.24) is 10.3 Å². The van der Waals surface area contributed by atoms with Crippen LogP contribution in [0.4, 0.5) is 5.69 Å². The minimum Gasteiger partial charge on any atom is -0.352 e. The zero-order chi connectivity index (χ0) is 15.1. The van der Waals surface area contributed by atoms with Crippen molar-refractivity contribution < 1.29 is 0 Å². The molecule has 0 radical (unpaired) electrons. The Labute approximate surface area is 125 Å². The van der Waals surface area contributed by atoms with Crippen LogP contribution in [0, 0.1) is 6.92 Å². The molecule has 2 rings (SSSR count). The summed E-state index contributed by atoms with van der Waals surface area (Å²) >= 11 is 0. The Morgan fingerprint density at radius 1 is 1.24 bits per heavy atom. The molecule has 2 aromatic rings. The molecule has 0 aliphatic carbocycles. The largest absolute Gasteiger partial charge is 0.352 e. The summed E-state index contributed by atoms with van der Waals surface area (Å²) in [5.41, 5.74) is 4.06. The number of hydrogen-bond donors (Lipinski definition) is 2. The fourth-order valence-electron chi connectivity index (χ4n) is 1.91. The first-order valence-corrected chi connectivity index (χ1v) is 6.82. The molecule has 0 unspecified atom stereocenters. The number of aryl methyl sites for hydroxylation is 1. The van der Waals surface area contributed by atoms with E-state index in [1.165, 1.54) is 0 Å². The molecule has 2 N–H and O–H groups in total. The number of rotatable bonds is 4. The summed E-state index contributed by atoms with van der Waals surface area (Å²) in [7, 11) is 1.74. The molecule has 0 fully saturated rings. The lowest BCUT2D eigenvalue weighted by Crippen LogP contribution is -2.31. The Morgan fingerprint density at radius 3 is 2.67 bits per heavy atom. The average Bonchev–Trinajstić information content (AvgIpc) is 2.52. The first kappa shape index (κ1) is 14.8. The third kappa shape index (κ3) is 4.45. The molecule has 4 heteroatoms. The number of hydrogen-bond acceptors (Lipinski definition) is 2. The second-order valence-corrected chi connectivity index (χ2v) is 4.71. The van der Waals surface area contributed by atoms with Gasteiger partial charge >= 0.3 is 0 Å². The van der Waals surface area contributed by atoms with Crippen molar-refractivity contribution in [2.45, 2.75) is 6.92 Å². The molecule has 0 saturated heterocycles. The summed E-state index contributed by atoms with van der Waals surface area (Å²) < 4.78 is 0. The van der Waals surface area contributed by atoms with Gasteiger partial charge in [0.05, 0.1) is 0 Å². The highest BCUT2D eigenvalue weighted by molar-refractivity contribution is 5.94. The number of aromatic nitrogens is 1.